The maximum absolute atomic E-state index is 13.8. The molecule has 0 saturated carbocycles. The zero-order chi connectivity index (χ0) is 26.1. The number of carboxylic acid groups (broad SMARTS) is 1. The first-order valence-electron chi connectivity index (χ1n) is 12.7. The van der Waals surface area contributed by atoms with Crippen LogP contribution < -0.4 is 9.64 Å². The average molecular weight is 503 g/mol. The van der Waals surface area contributed by atoms with Gasteiger partial charge >= 0.3 is 5.97 Å². The Balaban J connectivity index is 1.32. The summed E-state index contributed by atoms with van der Waals surface area (Å²) in [4.78, 5) is 27.0. The van der Waals surface area contributed by atoms with E-state index in [-0.39, 0.29) is 12.2 Å². The molecule has 0 saturated heterocycles. The van der Waals surface area contributed by atoms with Crippen LogP contribution in [0, 0.1) is 0 Å². The van der Waals surface area contributed by atoms with Gasteiger partial charge in [-0.05, 0) is 48.4 Å². The van der Waals surface area contributed by atoms with Crippen LogP contribution in [0.25, 0.3) is 10.9 Å². The van der Waals surface area contributed by atoms with Crippen LogP contribution in [0.4, 0.5) is 11.4 Å². The molecule has 0 atom stereocenters. The number of hydrogen-bond acceptors (Lipinski definition) is 4. The van der Waals surface area contributed by atoms with Crippen molar-refractivity contribution in [2.45, 2.75) is 25.9 Å². The van der Waals surface area contributed by atoms with Gasteiger partial charge in [0, 0.05) is 47.7 Å². The zero-order valence-corrected chi connectivity index (χ0v) is 20.7. The molecule has 2 heterocycles. The van der Waals surface area contributed by atoms with Crippen molar-refractivity contribution in [1.82, 2.24) is 4.57 Å². The van der Waals surface area contributed by atoms with E-state index < -0.39 is 5.97 Å². The molecule has 188 valence electrons. The molecule has 0 amide bonds. The van der Waals surface area contributed by atoms with E-state index in [2.05, 4.69) is 4.90 Å². The summed E-state index contributed by atoms with van der Waals surface area (Å²) in [6, 6.07) is 31.5. The molecule has 1 aromatic heterocycles. The summed E-state index contributed by atoms with van der Waals surface area (Å²) in [5.74, 6) is 0.728. The third-order valence-corrected chi connectivity index (χ3v) is 6.88. The lowest BCUT2D eigenvalue weighted by Gasteiger charge is -2.32. The maximum Gasteiger partial charge on any atom is 0.303 e. The number of aryl methyl sites for hydroxylation is 1. The molecule has 0 spiro atoms. The molecule has 4 aromatic carbocycles. The summed E-state index contributed by atoms with van der Waals surface area (Å²) in [5.41, 5.74) is 5.13. The van der Waals surface area contributed by atoms with Gasteiger partial charge in [0.2, 0.25) is 0 Å². The van der Waals surface area contributed by atoms with Crippen molar-refractivity contribution >= 4 is 34.0 Å². The molecule has 5 aromatic rings. The Morgan fingerprint density at radius 3 is 2.21 bits per heavy atom. The topological polar surface area (TPSA) is 71.8 Å². The van der Waals surface area contributed by atoms with Crippen LogP contribution in [0.3, 0.4) is 0 Å². The van der Waals surface area contributed by atoms with Crippen molar-refractivity contribution in [2.75, 3.05) is 4.90 Å². The number of carbonyl (C=O) groups is 2. The Bertz CT molecular complexity index is 1620. The van der Waals surface area contributed by atoms with Gasteiger partial charge in [-0.1, -0.05) is 60.7 Å². The first kappa shape index (κ1) is 23.6. The molecule has 0 bridgehead atoms. The summed E-state index contributed by atoms with van der Waals surface area (Å²) in [6.45, 7) is 1.12. The molecule has 1 aliphatic heterocycles. The number of aromatic nitrogens is 1. The van der Waals surface area contributed by atoms with Crippen LogP contribution >= 0.6 is 0 Å². The third kappa shape index (κ3) is 4.41. The number of nitrogens with zero attached hydrogens (tertiary/aromatic N) is 2. The number of rotatable bonds is 8. The number of benzene rings is 4. The van der Waals surface area contributed by atoms with Crippen molar-refractivity contribution in [1.29, 1.82) is 0 Å². The number of aliphatic carboxylic acids is 1. The Hall–Kier alpha value is -4.84. The number of anilines is 2. The van der Waals surface area contributed by atoms with Crippen LogP contribution in [-0.2, 0) is 17.9 Å². The van der Waals surface area contributed by atoms with Gasteiger partial charge in [-0.3, -0.25) is 9.59 Å². The molecule has 6 rings (SSSR count). The highest BCUT2D eigenvalue weighted by molar-refractivity contribution is 6.16. The first-order valence-corrected chi connectivity index (χ1v) is 12.7. The molecule has 6 nitrogen and oxygen atoms in total. The normalized spacial score (nSPS) is 12.1. The molecule has 0 fully saturated rings. The standard InChI is InChI=1S/C32H26N2O4/c35-31(36)17-8-18-33-21-25(24-11-1-2-12-26(24)33)32(37)23-10-7-9-22(19-23)20-34-27-13-3-5-15-29(27)38-30-16-6-4-14-28(30)34/h1-7,9-16,19,21H,8,17-18,20H2,(H,35,36). The van der Waals surface area contributed by atoms with Gasteiger partial charge in [-0.2, -0.15) is 0 Å². The molecule has 6 heteroatoms. The fraction of sp³-hybridized carbons (Fsp3) is 0.125. The van der Waals surface area contributed by atoms with Crippen molar-refractivity contribution in [3.63, 3.8) is 0 Å². The first-order chi connectivity index (χ1) is 18.6. The predicted octanol–water partition coefficient (Wildman–Crippen LogP) is 7.18. The highest BCUT2D eigenvalue weighted by Crippen LogP contribution is 2.46. The molecule has 1 N–H and O–H groups in total. The Labute approximate surface area is 220 Å². The van der Waals surface area contributed by atoms with E-state index in [0.29, 0.717) is 30.6 Å². The number of carbonyl (C=O) groups excluding carboxylic acids is 1. The van der Waals surface area contributed by atoms with Gasteiger partial charge in [-0.15, -0.1) is 0 Å². The van der Waals surface area contributed by atoms with E-state index >= 15 is 0 Å². The quantitative estimate of drug-likeness (QED) is 0.228. The van der Waals surface area contributed by atoms with E-state index in [1.165, 1.54) is 0 Å². The lowest BCUT2D eigenvalue weighted by Crippen LogP contribution is -2.20. The minimum absolute atomic E-state index is 0.0530. The largest absolute Gasteiger partial charge is 0.481 e. The van der Waals surface area contributed by atoms with Crippen LogP contribution in [0.5, 0.6) is 11.5 Å². The Morgan fingerprint density at radius 2 is 1.47 bits per heavy atom. The van der Waals surface area contributed by atoms with Crippen LogP contribution in [0.2, 0.25) is 0 Å². The van der Waals surface area contributed by atoms with Gasteiger partial charge in [0.15, 0.2) is 17.3 Å². The van der Waals surface area contributed by atoms with Crippen molar-refractivity contribution in [3.05, 3.63) is 120 Å². The van der Waals surface area contributed by atoms with E-state index in [4.69, 9.17) is 9.84 Å². The zero-order valence-electron chi connectivity index (χ0n) is 20.7. The monoisotopic (exact) mass is 502 g/mol. The number of carboxylic acids is 1. The lowest BCUT2D eigenvalue weighted by atomic mass is 10.0. The van der Waals surface area contributed by atoms with Gasteiger partial charge in [0.1, 0.15) is 0 Å². The van der Waals surface area contributed by atoms with E-state index in [9.17, 15) is 9.59 Å². The summed E-state index contributed by atoms with van der Waals surface area (Å²) >= 11 is 0. The molecular weight excluding hydrogens is 476 g/mol. The van der Waals surface area contributed by atoms with Gasteiger partial charge < -0.3 is 19.3 Å². The SMILES string of the molecule is O=C(O)CCCn1cc(C(=O)c2cccc(CN3c4ccccc4Oc4ccccc43)c2)c2ccccc21. The fourth-order valence-electron chi connectivity index (χ4n) is 5.11. The fourth-order valence-corrected chi connectivity index (χ4v) is 5.11. The average Bonchev–Trinajstić information content (AvgIpc) is 3.31. The number of hydrogen-bond donors (Lipinski definition) is 1. The maximum atomic E-state index is 13.8. The van der Waals surface area contributed by atoms with E-state index in [1.54, 1.807) is 0 Å². The van der Waals surface area contributed by atoms with Crippen LogP contribution in [0.1, 0.15) is 34.3 Å². The second-order valence-electron chi connectivity index (χ2n) is 9.40. The summed E-state index contributed by atoms with van der Waals surface area (Å²) < 4.78 is 8.10. The molecule has 0 aliphatic carbocycles. The third-order valence-electron chi connectivity index (χ3n) is 6.88. The second-order valence-corrected chi connectivity index (χ2v) is 9.40. The Kier molecular flexibility index (Phi) is 6.14. The van der Waals surface area contributed by atoms with Gasteiger partial charge in [0.05, 0.1) is 11.4 Å². The molecule has 1 aliphatic rings. The van der Waals surface area contributed by atoms with E-state index in [1.807, 2.05) is 108 Å². The van der Waals surface area contributed by atoms with Gasteiger partial charge in [0.25, 0.3) is 0 Å². The highest BCUT2D eigenvalue weighted by Gasteiger charge is 2.24. The smallest absolute Gasteiger partial charge is 0.303 e. The Morgan fingerprint density at radius 1 is 0.789 bits per heavy atom. The van der Waals surface area contributed by atoms with Crippen LogP contribution in [0.15, 0.2) is 103 Å². The lowest BCUT2D eigenvalue weighted by molar-refractivity contribution is -0.137. The molecule has 0 radical (unpaired) electrons. The van der Waals surface area contributed by atoms with Gasteiger partial charge in [-0.25, -0.2) is 0 Å². The molecule has 38 heavy (non-hydrogen) atoms. The number of fused-ring (bicyclic) bond motifs is 3. The number of ketones is 1. The highest BCUT2D eigenvalue weighted by atomic mass is 16.5. The minimum Gasteiger partial charge on any atom is -0.481 e. The molecule has 0 unspecified atom stereocenters. The number of ether oxygens (including phenoxy) is 1. The van der Waals surface area contributed by atoms with E-state index in [0.717, 1.165) is 39.3 Å². The predicted molar refractivity (Wildman–Crippen MR) is 147 cm³/mol. The van der Waals surface area contributed by atoms with Crippen molar-refractivity contribution < 1.29 is 19.4 Å². The van der Waals surface area contributed by atoms with Crippen molar-refractivity contribution in [3.8, 4) is 11.5 Å². The number of para-hydroxylation sites is 5. The molecular formula is C32H26N2O4. The summed E-state index contributed by atoms with van der Waals surface area (Å²) in [5, 5.41) is 9.89. The minimum atomic E-state index is -0.819. The van der Waals surface area contributed by atoms with Crippen LogP contribution in [-0.4, -0.2) is 21.4 Å². The summed E-state index contributed by atoms with van der Waals surface area (Å²) in [7, 11) is 0. The van der Waals surface area contributed by atoms with Crippen molar-refractivity contribution in [2.24, 2.45) is 0 Å². The summed E-state index contributed by atoms with van der Waals surface area (Å²) in [6.07, 6.45) is 2.45. The second kappa shape index (κ2) is 9.90.